The van der Waals surface area contributed by atoms with Crippen LogP contribution in [0.25, 0.3) is 11.1 Å². The number of hydrogen-bond acceptors (Lipinski definition) is 3. The molecule has 2 aromatic rings. The summed E-state index contributed by atoms with van der Waals surface area (Å²) in [6.45, 7) is 3.69. The zero-order valence-corrected chi connectivity index (χ0v) is 16.7. The highest BCUT2D eigenvalue weighted by atomic mass is 35.5. The molecule has 0 fully saturated rings. The normalized spacial score (nSPS) is 11.4. The number of unbranched alkanes of at least 4 members (excludes halogenated alkanes) is 2. The molecule has 0 aliphatic heterocycles. The molecule has 0 unspecified atom stereocenters. The van der Waals surface area contributed by atoms with E-state index in [0.29, 0.717) is 28.7 Å². The molecule has 152 valence electrons. The molecule has 0 saturated heterocycles. The van der Waals surface area contributed by atoms with Crippen LogP contribution in [-0.4, -0.2) is 13.1 Å². The molecule has 0 radical (unpaired) electrons. The van der Waals surface area contributed by atoms with E-state index in [-0.39, 0.29) is 18.8 Å². The number of hydrogen-bond donors (Lipinski definition) is 1. The van der Waals surface area contributed by atoms with E-state index in [1.54, 1.807) is 24.3 Å². The smallest absolute Gasteiger partial charge is 0.307 e. The minimum atomic E-state index is -0.604. The first-order valence-corrected chi connectivity index (χ1v) is 8.97. The molecule has 0 saturated carbocycles. The fourth-order valence-electron chi connectivity index (χ4n) is 3.06. The molecule has 2 aromatic carbocycles. The molecule has 28 heavy (non-hydrogen) atoms. The molecule has 3 nitrogen and oxygen atoms in total. The minimum absolute atomic E-state index is 0. The molecule has 0 amide bonds. The Morgan fingerprint density at radius 3 is 2.68 bits per heavy atom. The number of allylic oxidation sites excluding steroid dienone is 1. The van der Waals surface area contributed by atoms with E-state index in [0.717, 1.165) is 25.3 Å². The Kier molecular flexibility index (Phi) is 9.83. The molecule has 0 aliphatic rings. The summed E-state index contributed by atoms with van der Waals surface area (Å²) in [7, 11) is 1.30. The predicted molar refractivity (Wildman–Crippen MR) is 110 cm³/mol. The van der Waals surface area contributed by atoms with Crippen molar-refractivity contribution in [3.63, 3.8) is 0 Å². The van der Waals surface area contributed by atoms with Crippen molar-refractivity contribution in [2.24, 2.45) is 5.73 Å². The van der Waals surface area contributed by atoms with Gasteiger partial charge in [0.15, 0.2) is 0 Å². The Labute approximate surface area is 171 Å². The van der Waals surface area contributed by atoms with Gasteiger partial charge in [-0.15, -0.1) is 19.0 Å². The molecule has 2 rings (SSSR count). The molecule has 1 atom stereocenters. The van der Waals surface area contributed by atoms with Gasteiger partial charge in [-0.25, -0.2) is 8.78 Å². The number of esters is 1. The van der Waals surface area contributed by atoms with E-state index in [9.17, 15) is 13.6 Å². The third-order valence-corrected chi connectivity index (χ3v) is 4.46. The van der Waals surface area contributed by atoms with Gasteiger partial charge < -0.3 is 10.5 Å². The molecule has 0 spiro atoms. The van der Waals surface area contributed by atoms with Crippen LogP contribution in [-0.2, 0) is 16.0 Å². The number of nitrogens with two attached hydrogens (primary N) is 1. The summed E-state index contributed by atoms with van der Waals surface area (Å²) >= 11 is 0. The van der Waals surface area contributed by atoms with Crippen LogP contribution < -0.4 is 5.73 Å². The summed E-state index contributed by atoms with van der Waals surface area (Å²) in [4.78, 5) is 11.5. The van der Waals surface area contributed by atoms with Gasteiger partial charge in [0.1, 0.15) is 11.6 Å². The second-order valence-electron chi connectivity index (χ2n) is 6.47. The molecule has 2 N–H and O–H groups in total. The Hall–Kier alpha value is -2.24. The maximum absolute atomic E-state index is 14.6. The molecule has 0 heterocycles. The van der Waals surface area contributed by atoms with Crippen molar-refractivity contribution in [2.45, 2.75) is 38.1 Å². The highest BCUT2D eigenvalue weighted by molar-refractivity contribution is 5.85. The Bertz CT molecular complexity index is 811. The highest BCUT2D eigenvalue weighted by Gasteiger charge is 2.16. The van der Waals surface area contributed by atoms with Gasteiger partial charge in [0.05, 0.1) is 13.5 Å². The number of carbonyl (C=O) groups excluding carboxylic acids is 1. The zero-order chi connectivity index (χ0) is 19.8. The minimum Gasteiger partial charge on any atom is -0.469 e. The fraction of sp³-hybridized carbons (Fsp3) is 0.318. The van der Waals surface area contributed by atoms with Gasteiger partial charge in [-0.2, -0.15) is 0 Å². The lowest BCUT2D eigenvalue weighted by Gasteiger charge is -2.15. The topological polar surface area (TPSA) is 52.3 Å². The van der Waals surface area contributed by atoms with Crippen molar-refractivity contribution >= 4 is 18.4 Å². The van der Waals surface area contributed by atoms with Crippen LogP contribution in [0.2, 0.25) is 0 Å². The van der Waals surface area contributed by atoms with Crippen LogP contribution in [0.5, 0.6) is 0 Å². The first-order valence-electron chi connectivity index (χ1n) is 8.97. The maximum atomic E-state index is 14.6. The van der Waals surface area contributed by atoms with Crippen LogP contribution in [0.3, 0.4) is 0 Å². The van der Waals surface area contributed by atoms with E-state index in [1.165, 1.54) is 13.2 Å². The van der Waals surface area contributed by atoms with Crippen molar-refractivity contribution in [3.8, 4) is 11.1 Å². The fourth-order valence-corrected chi connectivity index (χ4v) is 3.06. The molecule has 6 heteroatoms. The summed E-state index contributed by atoms with van der Waals surface area (Å²) < 4.78 is 33.0. The van der Waals surface area contributed by atoms with Gasteiger partial charge in [-0.3, -0.25) is 4.79 Å². The maximum Gasteiger partial charge on any atom is 0.307 e. The van der Waals surface area contributed by atoms with Crippen molar-refractivity contribution in [3.05, 3.63) is 71.8 Å². The van der Waals surface area contributed by atoms with E-state index >= 15 is 0 Å². The van der Waals surface area contributed by atoms with E-state index in [1.807, 2.05) is 6.08 Å². The molecular formula is C22H26ClF2NO2. The third-order valence-electron chi connectivity index (χ3n) is 4.46. The average molecular weight is 410 g/mol. The van der Waals surface area contributed by atoms with Gasteiger partial charge >= 0.3 is 5.97 Å². The van der Waals surface area contributed by atoms with Crippen molar-refractivity contribution < 1.29 is 18.3 Å². The van der Waals surface area contributed by atoms with Crippen molar-refractivity contribution in [2.75, 3.05) is 7.11 Å². The van der Waals surface area contributed by atoms with Crippen LogP contribution in [0, 0.1) is 11.6 Å². The van der Waals surface area contributed by atoms with Crippen molar-refractivity contribution in [1.82, 2.24) is 0 Å². The average Bonchev–Trinajstić information content (AvgIpc) is 2.64. The van der Waals surface area contributed by atoms with Gasteiger partial charge in [-0.1, -0.05) is 24.3 Å². The summed E-state index contributed by atoms with van der Waals surface area (Å²) in [6, 6.07) is 8.76. The Morgan fingerprint density at radius 1 is 1.25 bits per heavy atom. The summed E-state index contributed by atoms with van der Waals surface area (Å²) in [5, 5.41) is 0. The van der Waals surface area contributed by atoms with E-state index in [4.69, 9.17) is 5.73 Å². The van der Waals surface area contributed by atoms with Crippen LogP contribution in [0.1, 0.15) is 42.9 Å². The van der Waals surface area contributed by atoms with Gasteiger partial charge in [-0.05, 0) is 54.5 Å². The largest absolute Gasteiger partial charge is 0.469 e. The number of halogens is 3. The lowest BCUT2D eigenvalue weighted by Crippen LogP contribution is -2.16. The lowest BCUT2D eigenvalue weighted by molar-refractivity contribution is -0.141. The molecule has 0 bridgehead atoms. The number of ether oxygens (including phenoxy) is 1. The summed E-state index contributed by atoms with van der Waals surface area (Å²) in [6.07, 6.45) is 5.01. The van der Waals surface area contributed by atoms with Gasteiger partial charge in [0, 0.05) is 17.7 Å². The number of benzene rings is 2. The summed E-state index contributed by atoms with van der Waals surface area (Å²) in [5.74, 6) is -1.61. The van der Waals surface area contributed by atoms with E-state index < -0.39 is 23.6 Å². The monoisotopic (exact) mass is 409 g/mol. The van der Waals surface area contributed by atoms with Gasteiger partial charge in [0.25, 0.3) is 0 Å². The quantitative estimate of drug-likeness (QED) is 0.337. The predicted octanol–water partition coefficient (Wildman–Crippen LogP) is 5.52. The highest BCUT2D eigenvalue weighted by Crippen LogP contribution is 2.31. The Balaban J connectivity index is 0.00000392. The van der Waals surface area contributed by atoms with Crippen LogP contribution in [0.15, 0.2) is 49.1 Å². The van der Waals surface area contributed by atoms with Crippen molar-refractivity contribution in [1.29, 1.82) is 0 Å². The van der Waals surface area contributed by atoms with E-state index in [2.05, 4.69) is 11.3 Å². The standard InChI is InChI=1S/C22H25F2NO2.ClH/c1-3-4-5-6-8-17-12-18(23)13-19(24)22(17)16-10-7-9-15(11-16)20(25)14-21(26)27-2;/h3,7,9-13,20H,1,4-6,8,14,25H2,2H3;1H/t20-;/m0./s1. The SMILES string of the molecule is C=CCCCCc1cc(F)cc(F)c1-c1cccc([C@@H](N)CC(=O)OC)c1.Cl. The number of rotatable bonds is 9. The molecule has 0 aromatic heterocycles. The number of carbonyl (C=O) groups is 1. The molecular weight excluding hydrogens is 384 g/mol. The number of aryl methyl sites for hydroxylation is 1. The third kappa shape index (κ3) is 6.43. The summed E-state index contributed by atoms with van der Waals surface area (Å²) in [5.41, 5.74) is 8.37. The molecule has 0 aliphatic carbocycles. The first-order chi connectivity index (χ1) is 13.0. The zero-order valence-electron chi connectivity index (χ0n) is 15.9. The van der Waals surface area contributed by atoms with Crippen LogP contribution in [0.4, 0.5) is 8.78 Å². The first kappa shape index (κ1) is 23.8. The number of methoxy groups -OCH3 is 1. The second-order valence-corrected chi connectivity index (χ2v) is 6.47. The lowest BCUT2D eigenvalue weighted by atomic mass is 9.92. The van der Waals surface area contributed by atoms with Crippen LogP contribution >= 0.6 is 12.4 Å². The van der Waals surface area contributed by atoms with Gasteiger partial charge in [0.2, 0.25) is 0 Å². The Morgan fingerprint density at radius 2 is 2.00 bits per heavy atom. The second kappa shape index (κ2) is 11.6.